The summed E-state index contributed by atoms with van der Waals surface area (Å²) in [4.78, 5) is 18.4. The fourth-order valence-electron chi connectivity index (χ4n) is 2.67. The van der Waals surface area contributed by atoms with E-state index in [0.29, 0.717) is 13.0 Å². The number of nitrogens with two attached hydrogens (primary N) is 1. The van der Waals surface area contributed by atoms with Crippen LogP contribution in [0.5, 0.6) is 0 Å². The minimum atomic E-state index is 0.151. The molecule has 1 aliphatic rings. The predicted octanol–water partition coefficient (Wildman–Crippen LogP) is 3.30. The highest BCUT2D eigenvalue weighted by atomic mass is 79.9. The number of nitrogen functional groups attached to an aromatic ring is 1. The molecule has 1 aromatic heterocycles. The second kappa shape index (κ2) is 5.85. The summed E-state index contributed by atoms with van der Waals surface area (Å²) in [5.41, 5.74) is 9.72. The number of fused-ring (bicyclic) bond motifs is 1. The van der Waals surface area contributed by atoms with Crippen molar-refractivity contribution in [2.75, 3.05) is 10.6 Å². The highest BCUT2D eigenvalue weighted by Crippen LogP contribution is 2.30. The summed E-state index contributed by atoms with van der Waals surface area (Å²) in [6, 6.07) is 7.76. The normalized spacial score (nSPS) is 14.7. The van der Waals surface area contributed by atoms with Crippen molar-refractivity contribution in [3.8, 4) is 0 Å². The maximum Gasteiger partial charge on any atom is 0.227 e. The first-order chi connectivity index (χ1) is 10.1. The Hall–Kier alpha value is -1.88. The molecule has 0 atom stereocenters. The predicted molar refractivity (Wildman–Crippen MR) is 86.9 cm³/mol. The van der Waals surface area contributed by atoms with Crippen molar-refractivity contribution >= 4 is 33.2 Å². The second-order valence-corrected chi connectivity index (χ2v) is 6.15. The van der Waals surface area contributed by atoms with Crippen molar-refractivity contribution in [3.05, 3.63) is 52.3 Å². The lowest BCUT2D eigenvalue weighted by atomic mass is 10.1. The van der Waals surface area contributed by atoms with E-state index in [1.54, 1.807) is 12.4 Å². The molecule has 0 fully saturated rings. The van der Waals surface area contributed by atoms with Crippen LogP contribution >= 0.6 is 15.9 Å². The van der Waals surface area contributed by atoms with Crippen LogP contribution in [0.4, 0.5) is 11.4 Å². The Bertz CT molecular complexity index is 687. The molecular weight excluding hydrogens is 330 g/mol. The van der Waals surface area contributed by atoms with Crippen LogP contribution < -0.4 is 10.6 Å². The Morgan fingerprint density at radius 3 is 2.90 bits per heavy atom. The van der Waals surface area contributed by atoms with E-state index in [9.17, 15) is 4.79 Å². The van der Waals surface area contributed by atoms with Gasteiger partial charge in [-0.1, -0.05) is 0 Å². The van der Waals surface area contributed by atoms with Gasteiger partial charge in [0.25, 0.3) is 0 Å². The third kappa shape index (κ3) is 3.08. The Morgan fingerprint density at radius 1 is 1.24 bits per heavy atom. The summed E-state index contributed by atoms with van der Waals surface area (Å²) in [7, 11) is 0. The Labute approximate surface area is 132 Å². The van der Waals surface area contributed by atoms with E-state index in [2.05, 4.69) is 20.9 Å². The molecule has 2 aromatic rings. The smallest absolute Gasteiger partial charge is 0.227 e. The average molecular weight is 346 g/mol. The molecular formula is C16H16BrN3O. The summed E-state index contributed by atoms with van der Waals surface area (Å²) >= 11 is 3.42. The van der Waals surface area contributed by atoms with Crippen LogP contribution in [0.3, 0.4) is 0 Å². The van der Waals surface area contributed by atoms with Gasteiger partial charge in [0.1, 0.15) is 0 Å². The highest BCUT2D eigenvalue weighted by molar-refractivity contribution is 9.10. The first kappa shape index (κ1) is 14.1. The molecule has 2 N–H and O–H groups in total. The monoisotopic (exact) mass is 345 g/mol. The number of aromatic nitrogens is 1. The molecule has 0 saturated carbocycles. The van der Waals surface area contributed by atoms with Crippen LogP contribution in [0.2, 0.25) is 0 Å². The van der Waals surface area contributed by atoms with Crippen LogP contribution in [0.1, 0.15) is 24.0 Å². The molecule has 0 radical (unpaired) electrons. The minimum absolute atomic E-state index is 0.151. The Morgan fingerprint density at radius 2 is 2.10 bits per heavy atom. The number of anilines is 2. The van der Waals surface area contributed by atoms with E-state index in [0.717, 1.165) is 39.8 Å². The standard InChI is InChI=1S/C16H16BrN3O/c17-13-6-11(8-19-9-13)10-20-15-5-4-14(18)7-12(15)2-1-3-16(20)21/h4-9H,1-3,10,18H2. The number of carbonyl (C=O) groups is 1. The second-order valence-electron chi connectivity index (χ2n) is 5.23. The van der Waals surface area contributed by atoms with Gasteiger partial charge >= 0.3 is 0 Å². The van der Waals surface area contributed by atoms with Gasteiger partial charge in [-0.2, -0.15) is 0 Å². The number of halogens is 1. The lowest BCUT2D eigenvalue weighted by molar-refractivity contribution is -0.118. The summed E-state index contributed by atoms with van der Waals surface area (Å²) < 4.78 is 0.916. The largest absolute Gasteiger partial charge is 0.399 e. The molecule has 3 rings (SSSR count). The van der Waals surface area contributed by atoms with E-state index >= 15 is 0 Å². The van der Waals surface area contributed by atoms with Crippen molar-refractivity contribution in [2.45, 2.75) is 25.8 Å². The first-order valence-electron chi connectivity index (χ1n) is 6.92. The number of hydrogen-bond acceptors (Lipinski definition) is 3. The van der Waals surface area contributed by atoms with Crippen LogP contribution in [-0.4, -0.2) is 10.9 Å². The fraction of sp³-hybridized carbons (Fsp3) is 0.250. The quantitative estimate of drug-likeness (QED) is 0.849. The van der Waals surface area contributed by atoms with Crippen molar-refractivity contribution in [2.24, 2.45) is 0 Å². The van der Waals surface area contributed by atoms with Gasteiger partial charge in [-0.15, -0.1) is 0 Å². The number of nitrogens with zero attached hydrogens (tertiary/aromatic N) is 2. The van der Waals surface area contributed by atoms with Gasteiger partial charge < -0.3 is 10.6 Å². The minimum Gasteiger partial charge on any atom is -0.399 e. The number of hydrogen-bond donors (Lipinski definition) is 1. The van der Waals surface area contributed by atoms with Gasteiger partial charge in [-0.25, -0.2) is 0 Å². The number of rotatable bonds is 2. The molecule has 4 nitrogen and oxygen atoms in total. The van der Waals surface area contributed by atoms with Crippen LogP contribution in [0.15, 0.2) is 41.1 Å². The molecule has 0 spiro atoms. The number of aryl methyl sites for hydroxylation is 1. The zero-order valence-electron chi connectivity index (χ0n) is 11.6. The van der Waals surface area contributed by atoms with Gasteiger partial charge in [-0.05, 0) is 64.2 Å². The van der Waals surface area contributed by atoms with E-state index in [1.165, 1.54) is 0 Å². The third-order valence-electron chi connectivity index (χ3n) is 3.63. The maximum atomic E-state index is 12.4. The lowest BCUT2D eigenvalue weighted by Gasteiger charge is -2.23. The number of benzene rings is 1. The molecule has 0 aliphatic carbocycles. The van der Waals surface area contributed by atoms with Crippen LogP contribution in [0, 0.1) is 0 Å². The van der Waals surface area contributed by atoms with Crippen LogP contribution in [0.25, 0.3) is 0 Å². The highest BCUT2D eigenvalue weighted by Gasteiger charge is 2.22. The molecule has 0 saturated heterocycles. The molecule has 2 heterocycles. The summed E-state index contributed by atoms with van der Waals surface area (Å²) in [5, 5.41) is 0. The van der Waals surface area contributed by atoms with Gasteiger partial charge in [0.05, 0.1) is 6.54 Å². The third-order valence-corrected chi connectivity index (χ3v) is 4.07. The topological polar surface area (TPSA) is 59.2 Å². The summed E-state index contributed by atoms with van der Waals surface area (Å²) in [6.45, 7) is 0.530. The van der Waals surface area contributed by atoms with Crippen molar-refractivity contribution < 1.29 is 4.79 Å². The van der Waals surface area contributed by atoms with Gasteiger partial charge in [-0.3, -0.25) is 9.78 Å². The zero-order valence-corrected chi connectivity index (χ0v) is 13.1. The molecule has 0 unspecified atom stereocenters. The van der Waals surface area contributed by atoms with Gasteiger partial charge in [0, 0.05) is 34.7 Å². The molecule has 1 aromatic carbocycles. The molecule has 5 heteroatoms. The zero-order chi connectivity index (χ0) is 14.8. The maximum absolute atomic E-state index is 12.4. The van der Waals surface area contributed by atoms with Crippen LogP contribution in [-0.2, 0) is 17.8 Å². The first-order valence-corrected chi connectivity index (χ1v) is 7.71. The number of amides is 1. The van der Waals surface area contributed by atoms with E-state index in [1.807, 2.05) is 29.2 Å². The molecule has 1 aliphatic heterocycles. The molecule has 108 valence electrons. The molecule has 21 heavy (non-hydrogen) atoms. The average Bonchev–Trinajstić information content (AvgIpc) is 2.59. The summed E-state index contributed by atoms with van der Waals surface area (Å²) in [6.07, 6.45) is 5.85. The van der Waals surface area contributed by atoms with Gasteiger partial charge in [0.15, 0.2) is 0 Å². The molecule has 1 amide bonds. The van der Waals surface area contributed by atoms with Crippen molar-refractivity contribution in [1.82, 2.24) is 4.98 Å². The van der Waals surface area contributed by atoms with E-state index in [-0.39, 0.29) is 5.91 Å². The number of carbonyl (C=O) groups excluding carboxylic acids is 1. The van der Waals surface area contributed by atoms with Gasteiger partial charge in [0.2, 0.25) is 5.91 Å². The van der Waals surface area contributed by atoms with Crippen molar-refractivity contribution in [1.29, 1.82) is 0 Å². The SMILES string of the molecule is Nc1ccc2c(c1)CCCC(=O)N2Cc1cncc(Br)c1. The Balaban J connectivity index is 1.98. The Kier molecular flexibility index (Phi) is 3.92. The summed E-state index contributed by atoms with van der Waals surface area (Å²) in [5.74, 6) is 0.151. The van der Waals surface area contributed by atoms with E-state index in [4.69, 9.17) is 5.73 Å². The fourth-order valence-corrected chi connectivity index (χ4v) is 3.08. The number of pyridine rings is 1. The van der Waals surface area contributed by atoms with E-state index < -0.39 is 0 Å². The lowest BCUT2D eigenvalue weighted by Crippen LogP contribution is -2.29. The molecule has 0 bridgehead atoms. The van der Waals surface area contributed by atoms with Crippen molar-refractivity contribution in [3.63, 3.8) is 0 Å².